The number of rotatable bonds is 7. The normalized spacial score (nSPS) is 12.1. The van der Waals surface area contributed by atoms with Crippen molar-refractivity contribution < 1.29 is 9.53 Å². The molecule has 0 bridgehead atoms. The summed E-state index contributed by atoms with van der Waals surface area (Å²) in [5.41, 5.74) is 7.27. The number of nitrogens with zero attached hydrogens (tertiary/aromatic N) is 2. The Balaban J connectivity index is 1.72. The molecule has 164 valence electrons. The van der Waals surface area contributed by atoms with Crippen molar-refractivity contribution >= 4 is 5.91 Å². The van der Waals surface area contributed by atoms with E-state index >= 15 is 0 Å². The number of aromatic nitrogens is 2. The lowest BCUT2D eigenvalue weighted by molar-refractivity contribution is 0.0940. The van der Waals surface area contributed by atoms with Crippen LogP contribution in [0.5, 0.6) is 5.75 Å². The van der Waals surface area contributed by atoms with Gasteiger partial charge in [-0.05, 0) is 86.2 Å². The van der Waals surface area contributed by atoms with E-state index in [0.29, 0.717) is 18.0 Å². The predicted octanol–water partition coefficient (Wildman–Crippen LogP) is 5.48. The van der Waals surface area contributed by atoms with Gasteiger partial charge in [-0.3, -0.25) is 9.48 Å². The zero-order valence-electron chi connectivity index (χ0n) is 19.6. The highest BCUT2D eigenvalue weighted by molar-refractivity contribution is 5.94. The maximum Gasteiger partial charge on any atom is 0.251 e. The lowest BCUT2D eigenvalue weighted by Crippen LogP contribution is -2.27. The van der Waals surface area contributed by atoms with E-state index in [4.69, 9.17) is 4.74 Å². The van der Waals surface area contributed by atoms with Gasteiger partial charge in [-0.15, -0.1) is 0 Å². The predicted molar refractivity (Wildman–Crippen MR) is 125 cm³/mol. The van der Waals surface area contributed by atoms with Crippen molar-refractivity contribution in [2.75, 3.05) is 7.11 Å². The molecule has 1 atom stereocenters. The number of benzene rings is 2. The molecule has 0 spiro atoms. The van der Waals surface area contributed by atoms with E-state index in [1.807, 2.05) is 42.8 Å². The van der Waals surface area contributed by atoms with Crippen molar-refractivity contribution in [1.82, 2.24) is 15.1 Å². The van der Waals surface area contributed by atoms with E-state index < -0.39 is 0 Å². The maximum absolute atomic E-state index is 12.9. The zero-order chi connectivity index (χ0) is 22.7. The van der Waals surface area contributed by atoms with Crippen LogP contribution in [0, 0.1) is 20.8 Å². The smallest absolute Gasteiger partial charge is 0.251 e. The summed E-state index contributed by atoms with van der Waals surface area (Å²) in [4.78, 5) is 12.9. The van der Waals surface area contributed by atoms with Crippen molar-refractivity contribution in [3.63, 3.8) is 0 Å². The molecule has 0 radical (unpaired) electrons. The zero-order valence-corrected chi connectivity index (χ0v) is 19.6. The molecule has 1 N–H and O–H groups in total. The van der Waals surface area contributed by atoms with Crippen molar-refractivity contribution in [1.29, 1.82) is 0 Å². The molecule has 1 aromatic heterocycles. The average Bonchev–Trinajstić information content (AvgIpc) is 3.04. The number of hydrogen-bond donors (Lipinski definition) is 1. The highest BCUT2D eigenvalue weighted by Crippen LogP contribution is 2.32. The number of amides is 1. The van der Waals surface area contributed by atoms with Gasteiger partial charge in [0, 0.05) is 11.3 Å². The number of carbonyl (C=O) groups is 1. The quantitative estimate of drug-likeness (QED) is 0.552. The Morgan fingerprint density at radius 2 is 1.71 bits per heavy atom. The van der Waals surface area contributed by atoms with Crippen LogP contribution in [0.3, 0.4) is 0 Å². The summed E-state index contributed by atoms with van der Waals surface area (Å²) in [6.07, 6.45) is 0. The highest BCUT2D eigenvalue weighted by atomic mass is 16.5. The van der Waals surface area contributed by atoms with Gasteiger partial charge in [0.25, 0.3) is 5.91 Å². The summed E-state index contributed by atoms with van der Waals surface area (Å²) in [6, 6.07) is 13.9. The summed E-state index contributed by atoms with van der Waals surface area (Å²) < 4.78 is 7.52. The first kappa shape index (κ1) is 22.6. The van der Waals surface area contributed by atoms with E-state index in [0.717, 1.165) is 39.4 Å². The minimum atomic E-state index is -0.106. The molecular weight excluding hydrogens is 386 g/mol. The summed E-state index contributed by atoms with van der Waals surface area (Å²) in [5, 5.41) is 7.65. The Morgan fingerprint density at radius 1 is 1.03 bits per heavy atom. The van der Waals surface area contributed by atoms with Gasteiger partial charge < -0.3 is 10.1 Å². The van der Waals surface area contributed by atoms with Gasteiger partial charge in [0.2, 0.25) is 0 Å². The Morgan fingerprint density at radius 3 is 2.26 bits per heavy atom. The third-order valence-corrected chi connectivity index (χ3v) is 5.71. The van der Waals surface area contributed by atoms with E-state index in [1.165, 1.54) is 0 Å². The Hall–Kier alpha value is -3.08. The topological polar surface area (TPSA) is 56.1 Å². The fourth-order valence-electron chi connectivity index (χ4n) is 3.94. The van der Waals surface area contributed by atoms with Gasteiger partial charge in [-0.25, -0.2) is 0 Å². The first-order valence-corrected chi connectivity index (χ1v) is 10.8. The molecule has 3 rings (SSSR count). The molecule has 0 aliphatic rings. The summed E-state index contributed by atoms with van der Waals surface area (Å²) in [5.74, 6) is 1.16. The number of nitrogens with one attached hydrogen (secondary N) is 1. The van der Waals surface area contributed by atoms with Crippen LogP contribution in [-0.2, 0) is 6.54 Å². The van der Waals surface area contributed by atoms with Crippen LogP contribution in [0.25, 0.3) is 0 Å². The van der Waals surface area contributed by atoms with Gasteiger partial charge in [0.1, 0.15) is 5.75 Å². The fraction of sp³-hybridized carbons (Fsp3) is 0.385. The number of methoxy groups -OCH3 is 1. The average molecular weight is 420 g/mol. The van der Waals surface area contributed by atoms with Gasteiger partial charge >= 0.3 is 0 Å². The van der Waals surface area contributed by atoms with Crippen LogP contribution in [0.4, 0.5) is 0 Å². The van der Waals surface area contributed by atoms with Gasteiger partial charge in [0.05, 0.1) is 25.4 Å². The molecule has 5 heteroatoms. The monoisotopic (exact) mass is 419 g/mol. The van der Waals surface area contributed by atoms with Crippen molar-refractivity contribution in [3.8, 4) is 5.75 Å². The van der Waals surface area contributed by atoms with Crippen LogP contribution in [0.15, 0.2) is 42.5 Å². The Bertz CT molecular complexity index is 1070. The second kappa shape index (κ2) is 9.38. The molecule has 0 aliphatic heterocycles. The lowest BCUT2D eigenvalue weighted by atomic mass is 9.93. The number of carbonyl (C=O) groups excluding carboxylic acids is 1. The number of aryl methyl sites for hydroxylation is 3. The Kier molecular flexibility index (Phi) is 6.84. The molecular formula is C26H33N3O2. The first-order chi connectivity index (χ1) is 14.7. The van der Waals surface area contributed by atoms with Crippen LogP contribution >= 0.6 is 0 Å². The van der Waals surface area contributed by atoms with E-state index in [1.54, 1.807) is 7.11 Å². The minimum absolute atomic E-state index is 0.0773. The first-order valence-electron chi connectivity index (χ1n) is 10.8. The van der Waals surface area contributed by atoms with Crippen LogP contribution in [-0.4, -0.2) is 22.8 Å². The number of ether oxygens (including phenoxy) is 1. The molecule has 0 saturated carbocycles. The molecule has 1 amide bonds. The van der Waals surface area contributed by atoms with Crippen LogP contribution < -0.4 is 10.1 Å². The SMILES string of the molecule is COc1cc(C)c([C@H](C)NC(=O)c2ccc(Cn3nc(C)cc3C)cc2)cc1C(C)C. The molecule has 0 saturated heterocycles. The van der Waals surface area contributed by atoms with Crippen LogP contribution in [0.1, 0.15) is 76.7 Å². The van der Waals surface area contributed by atoms with Gasteiger partial charge in [-0.1, -0.05) is 26.0 Å². The maximum atomic E-state index is 12.9. The molecule has 0 aliphatic carbocycles. The molecule has 5 nitrogen and oxygen atoms in total. The lowest BCUT2D eigenvalue weighted by Gasteiger charge is -2.21. The fourth-order valence-corrected chi connectivity index (χ4v) is 3.94. The van der Waals surface area contributed by atoms with Crippen molar-refractivity contribution in [2.45, 2.75) is 60.0 Å². The largest absolute Gasteiger partial charge is 0.496 e. The van der Waals surface area contributed by atoms with Gasteiger partial charge in [0.15, 0.2) is 0 Å². The highest BCUT2D eigenvalue weighted by Gasteiger charge is 2.17. The summed E-state index contributed by atoms with van der Waals surface area (Å²) in [7, 11) is 1.70. The summed E-state index contributed by atoms with van der Waals surface area (Å²) >= 11 is 0. The molecule has 1 heterocycles. The van der Waals surface area contributed by atoms with E-state index in [2.05, 4.69) is 56.3 Å². The van der Waals surface area contributed by atoms with Crippen molar-refractivity contribution in [3.05, 3.63) is 81.7 Å². The minimum Gasteiger partial charge on any atom is -0.496 e. The third-order valence-electron chi connectivity index (χ3n) is 5.71. The number of hydrogen-bond acceptors (Lipinski definition) is 3. The molecule has 3 aromatic rings. The second-order valence-corrected chi connectivity index (χ2v) is 8.58. The standard InChI is InChI=1S/C26H33N3O2/c1-16(2)23-14-24(17(3)12-25(23)31-7)20(6)27-26(30)22-10-8-21(9-11-22)15-29-19(5)13-18(4)28-29/h8-14,16,20H,15H2,1-7H3,(H,27,30)/t20-/m0/s1. The molecule has 0 unspecified atom stereocenters. The molecule has 31 heavy (non-hydrogen) atoms. The Labute approximate surface area is 185 Å². The van der Waals surface area contributed by atoms with E-state index in [-0.39, 0.29) is 11.9 Å². The van der Waals surface area contributed by atoms with E-state index in [9.17, 15) is 4.79 Å². The van der Waals surface area contributed by atoms with Crippen molar-refractivity contribution in [2.24, 2.45) is 0 Å². The second-order valence-electron chi connectivity index (χ2n) is 8.58. The third kappa shape index (κ3) is 5.16. The van der Waals surface area contributed by atoms with Gasteiger partial charge in [-0.2, -0.15) is 5.10 Å². The summed E-state index contributed by atoms with van der Waals surface area (Å²) in [6.45, 7) is 13.1. The van der Waals surface area contributed by atoms with Crippen LogP contribution in [0.2, 0.25) is 0 Å². The molecule has 0 fully saturated rings. The molecule has 2 aromatic carbocycles.